The number of carbonyl (C=O) groups excluding carboxylic acids is 2. The highest BCUT2D eigenvalue weighted by Crippen LogP contribution is 2.35. The van der Waals surface area contributed by atoms with Gasteiger partial charge in [0, 0.05) is 51.3 Å². The number of alkyl halides is 3. The molecule has 0 saturated carbocycles. The standard InChI is InChI=1S/C24H19F3N6O2/c25-24(26,27)19-14-4-1-2-7-17(14)31-23(32-19)33-22(35)16-6-3-5-15(20(28)34)18(16)13-10-12-8-9-29-21(12)30-11-13/h3,5-6,8-11H,1-2,4,7H2,(H2,28,34)(H,29,30)(H,31,32,33,35). The number of nitrogens with zero attached hydrogens (tertiary/aromatic N) is 3. The van der Waals surface area contributed by atoms with Gasteiger partial charge in [0.2, 0.25) is 11.9 Å². The summed E-state index contributed by atoms with van der Waals surface area (Å²) in [5.41, 5.74) is 6.23. The first-order valence-corrected chi connectivity index (χ1v) is 10.9. The number of H-pyrrole nitrogens is 1. The van der Waals surface area contributed by atoms with Gasteiger partial charge in [-0.25, -0.2) is 15.0 Å². The molecule has 1 aliphatic carbocycles. The second kappa shape index (κ2) is 8.49. The summed E-state index contributed by atoms with van der Waals surface area (Å²) in [5.74, 6) is -1.99. The van der Waals surface area contributed by atoms with Gasteiger partial charge < -0.3 is 10.7 Å². The van der Waals surface area contributed by atoms with E-state index >= 15 is 0 Å². The fourth-order valence-corrected chi connectivity index (χ4v) is 4.39. The van der Waals surface area contributed by atoms with Gasteiger partial charge in [0.15, 0.2) is 5.69 Å². The fourth-order valence-electron chi connectivity index (χ4n) is 4.39. The van der Waals surface area contributed by atoms with Crippen LogP contribution in [0.1, 0.15) is 50.5 Å². The van der Waals surface area contributed by atoms with E-state index in [9.17, 15) is 22.8 Å². The number of nitrogens with one attached hydrogen (secondary N) is 2. The predicted octanol–water partition coefficient (Wildman–Crippen LogP) is 4.27. The van der Waals surface area contributed by atoms with Gasteiger partial charge in [-0.15, -0.1) is 0 Å². The average Bonchev–Trinajstić information content (AvgIpc) is 3.30. The molecule has 0 saturated heterocycles. The van der Waals surface area contributed by atoms with E-state index in [1.165, 1.54) is 24.4 Å². The molecule has 0 fully saturated rings. The maximum atomic E-state index is 13.7. The smallest absolute Gasteiger partial charge is 0.366 e. The number of amides is 2. The minimum atomic E-state index is -4.68. The SMILES string of the molecule is NC(=O)c1cccc(C(=O)Nc2nc3c(c(C(F)(F)F)n2)CCCC3)c1-c1cnc2[nH]ccc2c1. The first-order valence-electron chi connectivity index (χ1n) is 10.9. The molecule has 0 spiro atoms. The Morgan fingerprint density at radius 1 is 1.06 bits per heavy atom. The number of hydrogen-bond acceptors (Lipinski definition) is 5. The van der Waals surface area contributed by atoms with Crippen LogP contribution in [0.2, 0.25) is 0 Å². The van der Waals surface area contributed by atoms with Crippen molar-refractivity contribution in [3.8, 4) is 11.1 Å². The second-order valence-corrected chi connectivity index (χ2v) is 8.21. The van der Waals surface area contributed by atoms with Crippen molar-refractivity contribution in [3.63, 3.8) is 0 Å². The minimum absolute atomic E-state index is 0.0212. The molecule has 35 heavy (non-hydrogen) atoms. The molecule has 3 heterocycles. The Kier molecular flexibility index (Phi) is 5.46. The molecule has 2 amide bonds. The van der Waals surface area contributed by atoms with Crippen molar-refractivity contribution in [3.05, 3.63) is 70.8 Å². The summed E-state index contributed by atoms with van der Waals surface area (Å²) < 4.78 is 41.0. The molecule has 4 aromatic rings. The number of aryl methyl sites for hydroxylation is 1. The monoisotopic (exact) mass is 480 g/mol. The highest BCUT2D eigenvalue weighted by molar-refractivity contribution is 6.12. The van der Waals surface area contributed by atoms with Crippen LogP contribution in [0.15, 0.2) is 42.7 Å². The molecule has 0 unspecified atom stereocenters. The zero-order valence-electron chi connectivity index (χ0n) is 18.2. The number of primary amides is 1. The summed E-state index contributed by atoms with van der Waals surface area (Å²) in [6.45, 7) is 0. The van der Waals surface area contributed by atoms with Gasteiger partial charge in [-0.3, -0.25) is 14.9 Å². The molecule has 0 radical (unpaired) electrons. The Morgan fingerprint density at radius 2 is 1.83 bits per heavy atom. The summed E-state index contributed by atoms with van der Waals surface area (Å²) >= 11 is 0. The van der Waals surface area contributed by atoms with E-state index in [-0.39, 0.29) is 34.4 Å². The molecule has 8 nitrogen and oxygen atoms in total. The first-order chi connectivity index (χ1) is 16.7. The maximum absolute atomic E-state index is 13.7. The molecular weight excluding hydrogens is 461 g/mol. The number of halogens is 3. The van der Waals surface area contributed by atoms with E-state index in [1.807, 2.05) is 0 Å². The lowest BCUT2D eigenvalue weighted by Crippen LogP contribution is -2.23. The lowest BCUT2D eigenvalue weighted by atomic mass is 9.94. The van der Waals surface area contributed by atoms with E-state index in [0.717, 1.165) is 5.39 Å². The third kappa shape index (κ3) is 4.20. The number of fused-ring (bicyclic) bond motifs is 2. The maximum Gasteiger partial charge on any atom is 0.433 e. The quantitative estimate of drug-likeness (QED) is 0.402. The van der Waals surface area contributed by atoms with Gasteiger partial charge in [0.1, 0.15) is 5.65 Å². The lowest BCUT2D eigenvalue weighted by Gasteiger charge is -2.20. The zero-order valence-corrected chi connectivity index (χ0v) is 18.2. The van der Waals surface area contributed by atoms with Gasteiger partial charge >= 0.3 is 6.18 Å². The van der Waals surface area contributed by atoms with E-state index in [1.54, 1.807) is 18.3 Å². The lowest BCUT2D eigenvalue weighted by molar-refractivity contribution is -0.142. The fraction of sp³-hybridized carbons (Fsp3) is 0.208. The molecule has 178 valence electrons. The van der Waals surface area contributed by atoms with Crippen LogP contribution in [0, 0.1) is 0 Å². The van der Waals surface area contributed by atoms with Crippen LogP contribution >= 0.6 is 0 Å². The van der Waals surface area contributed by atoms with Crippen molar-refractivity contribution in [1.29, 1.82) is 0 Å². The normalized spacial score (nSPS) is 13.5. The van der Waals surface area contributed by atoms with Gasteiger partial charge in [-0.1, -0.05) is 6.07 Å². The second-order valence-electron chi connectivity index (χ2n) is 8.21. The number of hydrogen-bond donors (Lipinski definition) is 3. The van der Waals surface area contributed by atoms with Crippen molar-refractivity contribution in [2.75, 3.05) is 5.32 Å². The van der Waals surface area contributed by atoms with E-state index in [4.69, 9.17) is 5.73 Å². The summed E-state index contributed by atoms with van der Waals surface area (Å²) in [6, 6.07) is 7.89. The summed E-state index contributed by atoms with van der Waals surface area (Å²) in [7, 11) is 0. The van der Waals surface area contributed by atoms with E-state index < -0.39 is 29.6 Å². The van der Waals surface area contributed by atoms with Gasteiger partial charge in [0.05, 0.1) is 0 Å². The van der Waals surface area contributed by atoms with E-state index in [2.05, 4.69) is 25.3 Å². The van der Waals surface area contributed by atoms with Crippen molar-refractivity contribution in [2.24, 2.45) is 5.73 Å². The number of carbonyl (C=O) groups is 2. The molecule has 1 aliphatic rings. The highest BCUT2D eigenvalue weighted by atomic mass is 19.4. The molecular formula is C24H19F3N6O2. The molecule has 3 aromatic heterocycles. The zero-order chi connectivity index (χ0) is 24.7. The molecule has 0 aliphatic heterocycles. The average molecular weight is 480 g/mol. The number of aromatic amines is 1. The number of aromatic nitrogens is 4. The summed E-state index contributed by atoms with van der Waals surface area (Å²) in [5, 5.41) is 3.13. The van der Waals surface area contributed by atoms with Gasteiger partial charge in [0.25, 0.3) is 5.91 Å². The molecule has 0 bridgehead atoms. The van der Waals surface area contributed by atoms with Crippen LogP contribution in [0.4, 0.5) is 19.1 Å². The third-order valence-electron chi connectivity index (χ3n) is 5.94. The molecule has 11 heteroatoms. The Morgan fingerprint density at radius 3 is 2.60 bits per heavy atom. The van der Waals surface area contributed by atoms with Gasteiger partial charge in [-0.05, 0) is 49.9 Å². The molecule has 1 aromatic carbocycles. The van der Waals surface area contributed by atoms with Crippen LogP contribution in [0.3, 0.4) is 0 Å². The third-order valence-corrected chi connectivity index (χ3v) is 5.94. The van der Waals surface area contributed by atoms with Crippen LogP contribution in [0.5, 0.6) is 0 Å². The summed E-state index contributed by atoms with van der Waals surface area (Å²) in [4.78, 5) is 40.5. The van der Waals surface area contributed by atoms with Crippen LogP contribution < -0.4 is 11.1 Å². The molecule has 4 N–H and O–H groups in total. The Bertz CT molecular complexity index is 1480. The van der Waals surface area contributed by atoms with Crippen molar-refractivity contribution in [1.82, 2.24) is 19.9 Å². The topological polar surface area (TPSA) is 127 Å². The number of nitrogens with two attached hydrogens (primary N) is 1. The number of anilines is 1. The van der Waals surface area contributed by atoms with E-state index in [0.29, 0.717) is 30.5 Å². The Labute approximate surface area is 196 Å². The first kappa shape index (κ1) is 22.5. The van der Waals surface area contributed by atoms with Crippen molar-refractivity contribution < 1.29 is 22.8 Å². The number of benzene rings is 1. The number of pyridine rings is 1. The molecule has 0 atom stereocenters. The van der Waals surface area contributed by atoms with Crippen LogP contribution in [-0.2, 0) is 19.0 Å². The van der Waals surface area contributed by atoms with Gasteiger partial charge in [-0.2, -0.15) is 13.2 Å². The van der Waals surface area contributed by atoms with Crippen molar-refractivity contribution >= 4 is 28.8 Å². The number of rotatable bonds is 4. The van der Waals surface area contributed by atoms with Crippen LogP contribution in [-0.4, -0.2) is 31.8 Å². The minimum Gasteiger partial charge on any atom is -0.366 e. The van der Waals surface area contributed by atoms with Crippen LogP contribution in [0.25, 0.3) is 22.2 Å². The summed E-state index contributed by atoms with van der Waals surface area (Å²) in [6.07, 6.45) is 0.419. The van der Waals surface area contributed by atoms with Crippen molar-refractivity contribution in [2.45, 2.75) is 31.9 Å². The largest absolute Gasteiger partial charge is 0.433 e. The predicted molar refractivity (Wildman–Crippen MR) is 122 cm³/mol. The Hall–Kier alpha value is -4.28. The molecule has 5 rings (SSSR count). The highest BCUT2D eigenvalue weighted by Gasteiger charge is 2.38. The Balaban J connectivity index is 1.59.